The fraction of sp³-hybridized carbons (Fsp3) is 0.632. The highest BCUT2D eigenvalue weighted by atomic mass is 127. The Bertz CT molecular complexity index is 513. The van der Waals surface area contributed by atoms with Crippen LogP contribution in [0.15, 0.2) is 35.3 Å². The van der Waals surface area contributed by atoms with Gasteiger partial charge >= 0.3 is 0 Å². The Kier molecular flexibility index (Phi) is 8.81. The third-order valence-corrected chi connectivity index (χ3v) is 4.77. The van der Waals surface area contributed by atoms with Crippen molar-refractivity contribution < 1.29 is 9.47 Å². The summed E-state index contributed by atoms with van der Waals surface area (Å²) in [7, 11) is 1.86. The van der Waals surface area contributed by atoms with Crippen LogP contribution in [-0.4, -0.2) is 56.4 Å². The molecule has 0 aliphatic carbocycles. The number of piperidine rings is 1. The monoisotopic (exact) mass is 459 g/mol. The van der Waals surface area contributed by atoms with Crippen molar-refractivity contribution in [3.05, 3.63) is 30.3 Å². The second-order valence-electron chi connectivity index (χ2n) is 6.52. The average molecular weight is 459 g/mol. The molecule has 2 aliphatic heterocycles. The Morgan fingerprint density at radius 3 is 2.64 bits per heavy atom. The van der Waals surface area contributed by atoms with E-state index in [1.165, 1.54) is 12.8 Å². The lowest BCUT2D eigenvalue weighted by Gasteiger charge is -2.34. The summed E-state index contributed by atoms with van der Waals surface area (Å²) in [6.07, 6.45) is 6.25. The first-order valence-corrected chi connectivity index (χ1v) is 9.14. The van der Waals surface area contributed by atoms with Crippen molar-refractivity contribution in [2.45, 2.75) is 44.3 Å². The van der Waals surface area contributed by atoms with Crippen LogP contribution >= 0.6 is 24.0 Å². The Morgan fingerprint density at radius 1 is 1.24 bits per heavy atom. The number of nitrogens with one attached hydrogen (secondary N) is 1. The predicted molar refractivity (Wildman–Crippen MR) is 112 cm³/mol. The second kappa shape index (κ2) is 10.9. The van der Waals surface area contributed by atoms with Gasteiger partial charge in [0, 0.05) is 46.1 Å². The van der Waals surface area contributed by atoms with Crippen LogP contribution in [0.4, 0.5) is 0 Å². The molecule has 1 N–H and O–H groups in total. The summed E-state index contributed by atoms with van der Waals surface area (Å²) in [6, 6.07) is 10.1. The fourth-order valence-electron chi connectivity index (χ4n) is 3.43. The van der Waals surface area contributed by atoms with Crippen LogP contribution < -0.4 is 10.1 Å². The molecule has 2 aliphatic rings. The Labute approximate surface area is 168 Å². The third-order valence-electron chi connectivity index (χ3n) is 4.77. The Morgan fingerprint density at radius 2 is 2.00 bits per heavy atom. The minimum absolute atomic E-state index is 0. The summed E-state index contributed by atoms with van der Waals surface area (Å²) in [4.78, 5) is 6.77. The van der Waals surface area contributed by atoms with Gasteiger partial charge in [0.15, 0.2) is 5.96 Å². The van der Waals surface area contributed by atoms with Crippen molar-refractivity contribution in [3.63, 3.8) is 0 Å². The van der Waals surface area contributed by atoms with Gasteiger partial charge in [-0.05, 0) is 31.4 Å². The van der Waals surface area contributed by atoms with Gasteiger partial charge in [-0.1, -0.05) is 18.2 Å². The van der Waals surface area contributed by atoms with E-state index in [9.17, 15) is 0 Å². The van der Waals surface area contributed by atoms with E-state index in [2.05, 4.69) is 15.2 Å². The van der Waals surface area contributed by atoms with Gasteiger partial charge in [-0.15, -0.1) is 24.0 Å². The van der Waals surface area contributed by atoms with E-state index in [-0.39, 0.29) is 24.0 Å². The molecule has 0 aromatic heterocycles. The zero-order valence-electron chi connectivity index (χ0n) is 15.0. The molecular weight excluding hydrogens is 429 g/mol. The molecule has 25 heavy (non-hydrogen) atoms. The summed E-state index contributed by atoms with van der Waals surface area (Å²) < 4.78 is 11.7. The number of benzene rings is 1. The van der Waals surface area contributed by atoms with E-state index in [1.807, 2.05) is 37.4 Å². The maximum Gasteiger partial charge on any atom is 0.193 e. The van der Waals surface area contributed by atoms with Crippen LogP contribution in [0.2, 0.25) is 0 Å². The molecule has 2 heterocycles. The standard InChI is InChI=1S/C19H29N3O2.HI/c1-20-19(21-12-9-16-8-5-15-23-16)22-13-10-18(11-14-22)24-17-6-3-2-4-7-17;/h2-4,6-7,16,18H,5,8-15H2,1H3,(H,20,21);1H. The zero-order valence-corrected chi connectivity index (χ0v) is 17.4. The van der Waals surface area contributed by atoms with E-state index in [1.54, 1.807) is 0 Å². The molecule has 0 spiro atoms. The molecule has 5 nitrogen and oxygen atoms in total. The van der Waals surface area contributed by atoms with Crippen LogP contribution in [0.25, 0.3) is 0 Å². The topological polar surface area (TPSA) is 46.1 Å². The van der Waals surface area contributed by atoms with Gasteiger partial charge in [0.05, 0.1) is 6.10 Å². The molecule has 1 atom stereocenters. The quantitative estimate of drug-likeness (QED) is 0.417. The lowest BCUT2D eigenvalue weighted by atomic mass is 10.1. The number of hydrogen-bond acceptors (Lipinski definition) is 3. The average Bonchev–Trinajstić information content (AvgIpc) is 3.14. The minimum Gasteiger partial charge on any atom is -0.490 e. The van der Waals surface area contributed by atoms with Crippen molar-refractivity contribution in [1.82, 2.24) is 10.2 Å². The molecule has 0 amide bonds. The summed E-state index contributed by atoms with van der Waals surface area (Å²) >= 11 is 0. The molecule has 0 radical (unpaired) electrons. The normalized spacial score (nSPS) is 21.7. The van der Waals surface area contributed by atoms with Gasteiger partial charge in [0.1, 0.15) is 11.9 Å². The van der Waals surface area contributed by atoms with Crippen LogP contribution in [0, 0.1) is 0 Å². The number of guanidine groups is 1. The first-order valence-electron chi connectivity index (χ1n) is 9.14. The number of ether oxygens (including phenoxy) is 2. The van der Waals surface area contributed by atoms with E-state index < -0.39 is 0 Å². The number of hydrogen-bond donors (Lipinski definition) is 1. The summed E-state index contributed by atoms with van der Waals surface area (Å²) in [5.41, 5.74) is 0. The molecule has 6 heteroatoms. The smallest absolute Gasteiger partial charge is 0.193 e. The van der Waals surface area contributed by atoms with Crippen molar-refractivity contribution in [2.24, 2.45) is 4.99 Å². The van der Waals surface area contributed by atoms with Gasteiger partial charge in [0.2, 0.25) is 0 Å². The molecular formula is C19H30IN3O2. The van der Waals surface area contributed by atoms with Crippen molar-refractivity contribution in [3.8, 4) is 5.75 Å². The number of para-hydroxylation sites is 1. The van der Waals surface area contributed by atoms with E-state index in [0.29, 0.717) is 12.2 Å². The second-order valence-corrected chi connectivity index (χ2v) is 6.52. The molecule has 1 aromatic rings. The van der Waals surface area contributed by atoms with Crippen molar-refractivity contribution in [1.29, 1.82) is 0 Å². The van der Waals surface area contributed by atoms with Gasteiger partial charge in [-0.2, -0.15) is 0 Å². The Hall–Kier alpha value is -1.02. The number of aliphatic imine (C=N–C) groups is 1. The van der Waals surface area contributed by atoms with Crippen LogP contribution in [-0.2, 0) is 4.74 Å². The van der Waals surface area contributed by atoms with Crippen LogP contribution in [0.1, 0.15) is 32.1 Å². The van der Waals surface area contributed by atoms with Crippen LogP contribution in [0.3, 0.4) is 0 Å². The minimum atomic E-state index is 0. The molecule has 2 saturated heterocycles. The highest BCUT2D eigenvalue weighted by molar-refractivity contribution is 14.0. The van der Waals surface area contributed by atoms with Crippen LogP contribution in [0.5, 0.6) is 5.75 Å². The number of halogens is 1. The van der Waals surface area contributed by atoms with Gasteiger partial charge < -0.3 is 19.7 Å². The maximum absolute atomic E-state index is 6.06. The van der Waals surface area contributed by atoms with Crippen molar-refractivity contribution in [2.75, 3.05) is 33.3 Å². The number of rotatable bonds is 5. The third kappa shape index (κ3) is 6.33. The van der Waals surface area contributed by atoms with E-state index >= 15 is 0 Å². The Balaban J connectivity index is 0.00000225. The number of likely N-dealkylation sites (tertiary alicyclic amines) is 1. The largest absolute Gasteiger partial charge is 0.490 e. The summed E-state index contributed by atoms with van der Waals surface area (Å²) in [5, 5.41) is 3.49. The lowest BCUT2D eigenvalue weighted by Crippen LogP contribution is -2.47. The first kappa shape index (κ1) is 20.3. The molecule has 3 rings (SSSR count). The highest BCUT2D eigenvalue weighted by Crippen LogP contribution is 2.19. The molecule has 2 fully saturated rings. The zero-order chi connectivity index (χ0) is 16.6. The van der Waals surface area contributed by atoms with E-state index in [4.69, 9.17) is 9.47 Å². The van der Waals surface area contributed by atoms with Gasteiger partial charge in [-0.25, -0.2) is 0 Å². The van der Waals surface area contributed by atoms with Gasteiger partial charge in [-0.3, -0.25) is 4.99 Å². The summed E-state index contributed by atoms with van der Waals surface area (Å²) in [6.45, 7) is 3.82. The SMILES string of the molecule is CN=C(NCCC1CCCO1)N1CCC(Oc2ccccc2)CC1.I. The molecule has 0 saturated carbocycles. The summed E-state index contributed by atoms with van der Waals surface area (Å²) in [5.74, 6) is 1.97. The van der Waals surface area contributed by atoms with Gasteiger partial charge in [0.25, 0.3) is 0 Å². The fourth-order valence-corrected chi connectivity index (χ4v) is 3.43. The first-order chi connectivity index (χ1) is 11.8. The van der Waals surface area contributed by atoms with E-state index in [0.717, 1.165) is 57.2 Å². The van der Waals surface area contributed by atoms with Crippen molar-refractivity contribution >= 4 is 29.9 Å². The molecule has 0 bridgehead atoms. The molecule has 1 aromatic carbocycles. The number of nitrogens with zero attached hydrogens (tertiary/aromatic N) is 2. The molecule has 140 valence electrons. The lowest BCUT2D eigenvalue weighted by molar-refractivity contribution is 0.104. The highest BCUT2D eigenvalue weighted by Gasteiger charge is 2.23. The maximum atomic E-state index is 6.06. The predicted octanol–water partition coefficient (Wildman–Crippen LogP) is 3.29. The molecule has 1 unspecified atom stereocenters.